The van der Waals surface area contributed by atoms with Crippen molar-refractivity contribution in [2.75, 3.05) is 5.88 Å². The van der Waals surface area contributed by atoms with Gasteiger partial charge in [0.25, 0.3) is 0 Å². The van der Waals surface area contributed by atoms with Crippen LogP contribution in [0.25, 0.3) is 0 Å². The molecule has 0 aliphatic carbocycles. The third-order valence-corrected chi connectivity index (χ3v) is 2.90. The van der Waals surface area contributed by atoms with E-state index in [2.05, 4.69) is 41.5 Å². The molecule has 92 valence electrons. The predicted molar refractivity (Wildman–Crippen MR) is 68.7 cm³/mol. The minimum atomic E-state index is -0.0640. The lowest BCUT2D eigenvalue weighted by Gasteiger charge is -2.37. The predicted octanol–water partition coefficient (Wildman–Crippen LogP) is 4.63. The van der Waals surface area contributed by atoms with Crippen LogP contribution in [0.15, 0.2) is 0 Å². The summed E-state index contributed by atoms with van der Waals surface area (Å²) in [5, 5.41) is 0. The Morgan fingerprint density at radius 2 is 1.73 bits per heavy atom. The van der Waals surface area contributed by atoms with Gasteiger partial charge in [-0.2, -0.15) is 0 Å². The van der Waals surface area contributed by atoms with Crippen LogP contribution in [0.3, 0.4) is 0 Å². The molecule has 2 atom stereocenters. The van der Waals surface area contributed by atoms with Gasteiger partial charge >= 0.3 is 0 Å². The van der Waals surface area contributed by atoms with Crippen LogP contribution in [0.5, 0.6) is 0 Å². The van der Waals surface area contributed by atoms with Gasteiger partial charge in [0.05, 0.1) is 11.2 Å². The molecule has 2 unspecified atom stereocenters. The van der Waals surface area contributed by atoms with Crippen molar-refractivity contribution in [2.24, 2.45) is 5.92 Å². The molecular formula is C13H27ClO. The fourth-order valence-corrected chi connectivity index (χ4v) is 2.40. The maximum atomic E-state index is 6.15. The van der Waals surface area contributed by atoms with Crippen molar-refractivity contribution >= 4 is 11.6 Å². The summed E-state index contributed by atoms with van der Waals surface area (Å²) in [7, 11) is 0. The van der Waals surface area contributed by atoms with Gasteiger partial charge in [0.1, 0.15) is 0 Å². The van der Waals surface area contributed by atoms with E-state index in [1.807, 2.05) is 0 Å². The van der Waals surface area contributed by atoms with Gasteiger partial charge in [-0.1, -0.05) is 13.8 Å². The minimum Gasteiger partial charge on any atom is -0.370 e. The van der Waals surface area contributed by atoms with E-state index in [0.29, 0.717) is 5.92 Å². The maximum Gasteiger partial charge on any atom is 0.0661 e. The van der Waals surface area contributed by atoms with E-state index in [0.717, 1.165) is 25.1 Å². The Labute approximate surface area is 101 Å². The summed E-state index contributed by atoms with van der Waals surface area (Å²) in [6.07, 6.45) is 3.22. The summed E-state index contributed by atoms with van der Waals surface area (Å²) in [6, 6.07) is 0. The largest absolute Gasteiger partial charge is 0.370 e. The van der Waals surface area contributed by atoms with E-state index in [1.54, 1.807) is 0 Å². The van der Waals surface area contributed by atoms with Gasteiger partial charge in [0, 0.05) is 5.88 Å². The van der Waals surface area contributed by atoms with E-state index in [1.165, 1.54) is 0 Å². The van der Waals surface area contributed by atoms with Crippen LogP contribution in [-0.2, 0) is 4.74 Å². The zero-order valence-corrected chi connectivity index (χ0v) is 11.9. The first-order valence-electron chi connectivity index (χ1n) is 5.98. The van der Waals surface area contributed by atoms with Crippen LogP contribution in [0.2, 0.25) is 0 Å². The molecule has 0 N–H and O–H groups in total. The normalized spacial score (nSPS) is 18.6. The molecule has 0 saturated carbocycles. The molecular weight excluding hydrogens is 208 g/mol. The van der Waals surface area contributed by atoms with Gasteiger partial charge in [-0.3, -0.25) is 0 Å². The zero-order valence-electron chi connectivity index (χ0n) is 11.2. The molecule has 0 spiro atoms. The van der Waals surface area contributed by atoms with Crippen molar-refractivity contribution in [1.82, 2.24) is 0 Å². The second kappa shape index (κ2) is 6.10. The quantitative estimate of drug-likeness (QED) is 0.609. The smallest absolute Gasteiger partial charge is 0.0661 e. The van der Waals surface area contributed by atoms with Crippen LogP contribution < -0.4 is 0 Å². The lowest BCUT2D eigenvalue weighted by Crippen LogP contribution is -2.38. The Balaban J connectivity index is 4.30. The fraction of sp³-hybridized carbons (Fsp3) is 1.00. The molecule has 0 aliphatic heterocycles. The molecule has 0 aromatic heterocycles. The summed E-state index contributed by atoms with van der Waals surface area (Å²) in [4.78, 5) is 0. The van der Waals surface area contributed by atoms with E-state index >= 15 is 0 Å². The lowest BCUT2D eigenvalue weighted by atomic mass is 9.88. The second-order valence-corrected chi connectivity index (χ2v) is 6.18. The SMILES string of the molecule is CCC(C)(CC(C)CCCl)OC(C)(C)C. The van der Waals surface area contributed by atoms with E-state index < -0.39 is 0 Å². The first kappa shape index (κ1) is 15.2. The van der Waals surface area contributed by atoms with Crippen LogP contribution >= 0.6 is 11.6 Å². The first-order valence-corrected chi connectivity index (χ1v) is 6.52. The molecule has 0 heterocycles. The third kappa shape index (κ3) is 7.19. The monoisotopic (exact) mass is 234 g/mol. The number of hydrogen-bond acceptors (Lipinski definition) is 1. The third-order valence-electron chi connectivity index (χ3n) is 2.68. The van der Waals surface area contributed by atoms with Gasteiger partial charge < -0.3 is 4.74 Å². The Morgan fingerprint density at radius 3 is 2.07 bits per heavy atom. The molecule has 0 radical (unpaired) electrons. The van der Waals surface area contributed by atoms with Crippen molar-refractivity contribution in [1.29, 1.82) is 0 Å². The molecule has 2 heteroatoms. The number of rotatable bonds is 6. The van der Waals surface area contributed by atoms with Crippen LogP contribution in [0.4, 0.5) is 0 Å². The zero-order chi connectivity index (χ0) is 12.1. The number of hydrogen-bond donors (Lipinski definition) is 0. The van der Waals surface area contributed by atoms with Gasteiger partial charge in [-0.05, 0) is 52.9 Å². The van der Waals surface area contributed by atoms with Crippen molar-refractivity contribution < 1.29 is 4.74 Å². The molecule has 1 nitrogen and oxygen atoms in total. The Morgan fingerprint density at radius 1 is 1.20 bits per heavy atom. The van der Waals surface area contributed by atoms with E-state index in [9.17, 15) is 0 Å². The van der Waals surface area contributed by atoms with Crippen molar-refractivity contribution in [3.8, 4) is 0 Å². The second-order valence-electron chi connectivity index (χ2n) is 5.80. The van der Waals surface area contributed by atoms with Crippen LogP contribution in [0, 0.1) is 5.92 Å². The topological polar surface area (TPSA) is 9.23 Å². The van der Waals surface area contributed by atoms with Crippen LogP contribution in [-0.4, -0.2) is 17.1 Å². The van der Waals surface area contributed by atoms with Crippen molar-refractivity contribution in [3.63, 3.8) is 0 Å². The molecule has 0 aliphatic rings. The molecule has 0 aromatic rings. The molecule has 0 saturated heterocycles. The standard InChI is InChI=1S/C13H27ClO/c1-7-13(6,15-12(3,4)5)10-11(2)8-9-14/h11H,7-10H2,1-6H3. The molecule has 0 rings (SSSR count). The highest BCUT2D eigenvalue weighted by Crippen LogP contribution is 2.30. The number of halogens is 1. The van der Waals surface area contributed by atoms with Gasteiger partial charge in [0.2, 0.25) is 0 Å². The summed E-state index contributed by atoms with van der Waals surface area (Å²) in [6.45, 7) is 13.0. The molecule has 0 fully saturated rings. The Kier molecular flexibility index (Phi) is 6.20. The summed E-state index contributed by atoms with van der Waals surface area (Å²) < 4.78 is 6.15. The summed E-state index contributed by atoms with van der Waals surface area (Å²) in [5.41, 5.74) is -0.0742. The van der Waals surface area contributed by atoms with Gasteiger partial charge in [0.15, 0.2) is 0 Å². The van der Waals surface area contributed by atoms with Gasteiger partial charge in [-0.15, -0.1) is 11.6 Å². The average molecular weight is 235 g/mol. The van der Waals surface area contributed by atoms with Crippen molar-refractivity contribution in [3.05, 3.63) is 0 Å². The Hall–Kier alpha value is 0.250. The number of alkyl halides is 1. The maximum absolute atomic E-state index is 6.15. The van der Waals surface area contributed by atoms with E-state index in [-0.39, 0.29) is 11.2 Å². The lowest BCUT2D eigenvalue weighted by molar-refractivity contribution is -0.133. The van der Waals surface area contributed by atoms with Crippen LogP contribution in [0.1, 0.15) is 60.8 Å². The average Bonchev–Trinajstić information content (AvgIpc) is 2.00. The Bertz CT molecular complexity index is 174. The number of ether oxygens (including phenoxy) is 1. The summed E-state index contributed by atoms with van der Waals surface area (Å²) >= 11 is 5.76. The molecule has 15 heavy (non-hydrogen) atoms. The highest BCUT2D eigenvalue weighted by molar-refractivity contribution is 6.17. The summed E-state index contributed by atoms with van der Waals surface area (Å²) in [5.74, 6) is 1.38. The van der Waals surface area contributed by atoms with Crippen molar-refractivity contribution in [2.45, 2.75) is 72.0 Å². The first-order chi connectivity index (χ1) is 6.72. The van der Waals surface area contributed by atoms with Gasteiger partial charge in [-0.25, -0.2) is 0 Å². The van der Waals surface area contributed by atoms with E-state index in [4.69, 9.17) is 16.3 Å². The highest BCUT2D eigenvalue weighted by Gasteiger charge is 2.30. The molecule has 0 amide bonds. The minimum absolute atomic E-state index is 0.0102. The molecule has 0 bridgehead atoms. The fourth-order valence-electron chi connectivity index (χ4n) is 2.02. The highest BCUT2D eigenvalue weighted by atomic mass is 35.5. The molecule has 0 aromatic carbocycles.